The summed E-state index contributed by atoms with van der Waals surface area (Å²) in [6.45, 7) is -1.82. The molecule has 0 spiro atoms. The summed E-state index contributed by atoms with van der Waals surface area (Å²) in [5.74, 6) is -3.02. The molecule has 5 nitrogen and oxygen atoms in total. The summed E-state index contributed by atoms with van der Waals surface area (Å²) in [4.78, 5) is 36.1. The zero-order chi connectivity index (χ0) is 21.1. The second kappa shape index (κ2) is 8.42. The summed E-state index contributed by atoms with van der Waals surface area (Å²) >= 11 is 0. The highest BCUT2D eigenvalue weighted by atomic mass is 19.1. The van der Waals surface area contributed by atoms with Crippen molar-refractivity contribution in [3.63, 3.8) is 0 Å². The van der Waals surface area contributed by atoms with Gasteiger partial charge in [0.2, 0.25) is 5.91 Å². The van der Waals surface area contributed by atoms with Crippen molar-refractivity contribution < 1.29 is 31.9 Å². The number of hydrogen-bond donors (Lipinski definition) is 0. The number of carbonyl (C=O) groups is 3. The van der Waals surface area contributed by atoms with E-state index in [1.54, 1.807) is 12.1 Å². The van der Waals surface area contributed by atoms with Crippen LogP contribution in [0, 0.1) is 11.6 Å². The minimum absolute atomic E-state index is 0.00782. The molecule has 0 N–H and O–H groups in total. The van der Waals surface area contributed by atoms with Crippen LogP contribution in [0.5, 0.6) is 0 Å². The highest BCUT2D eigenvalue weighted by Gasteiger charge is 2.37. The Balaban J connectivity index is 0.000000166. The Morgan fingerprint density at radius 2 is 1.38 bits per heavy atom. The van der Waals surface area contributed by atoms with Crippen molar-refractivity contribution in [3.8, 4) is 0 Å². The van der Waals surface area contributed by atoms with Crippen LogP contribution in [-0.2, 0) is 16.0 Å². The van der Waals surface area contributed by atoms with Crippen molar-refractivity contribution in [2.24, 2.45) is 0 Å². The van der Waals surface area contributed by atoms with Gasteiger partial charge in [-0.25, -0.2) is 17.6 Å². The number of nitrogens with zero attached hydrogens (tertiary/aromatic N) is 2. The van der Waals surface area contributed by atoms with Gasteiger partial charge in [0.1, 0.15) is 25.0 Å². The molecule has 2 aliphatic heterocycles. The number of hydrogen-bond acceptors (Lipinski definition) is 3. The van der Waals surface area contributed by atoms with Gasteiger partial charge in [-0.2, -0.15) is 0 Å². The molecule has 0 radical (unpaired) electrons. The average molecular weight is 408 g/mol. The van der Waals surface area contributed by atoms with E-state index < -0.39 is 36.7 Å². The van der Waals surface area contributed by atoms with Gasteiger partial charge in [0.05, 0.1) is 36.4 Å². The maximum absolute atomic E-state index is 13.3. The van der Waals surface area contributed by atoms with Gasteiger partial charge in [-0.15, -0.1) is 0 Å². The smallest absolute Gasteiger partial charge is 0.299 e. The number of carbonyl (C=O) groups excluding carboxylic acids is 3. The fraction of sp³-hybridized carbons (Fsp3) is 0.250. The highest BCUT2D eigenvalue weighted by Crippen LogP contribution is 2.32. The second-order valence-electron chi connectivity index (χ2n) is 6.27. The Hall–Kier alpha value is -3.23. The first-order chi connectivity index (χ1) is 13.9. The number of alkyl halides is 2. The SMILES string of the molecule is O=C1C(=O)N(CCF)c2c(F)cccc21.O=C1Cc2cccc(F)c2N1CCF. The molecule has 0 aromatic heterocycles. The number of amides is 2. The highest BCUT2D eigenvalue weighted by molar-refractivity contribution is 6.52. The molecule has 9 heteroatoms. The number of Topliss-reactive ketones (excluding diaryl/α,β-unsaturated/α-hetero) is 1. The van der Waals surface area contributed by atoms with Crippen LogP contribution in [0.3, 0.4) is 0 Å². The number of para-hydroxylation sites is 2. The molecule has 0 atom stereocenters. The number of rotatable bonds is 4. The molecular weight excluding hydrogens is 392 g/mol. The van der Waals surface area contributed by atoms with E-state index in [2.05, 4.69) is 0 Å². The van der Waals surface area contributed by atoms with Crippen LogP contribution in [0.1, 0.15) is 15.9 Å². The molecule has 2 heterocycles. The van der Waals surface area contributed by atoms with Crippen LogP contribution < -0.4 is 9.80 Å². The summed E-state index contributed by atoms with van der Waals surface area (Å²) in [5, 5.41) is 0. The van der Waals surface area contributed by atoms with Crippen LogP contribution >= 0.6 is 0 Å². The normalized spacial score (nSPS) is 14.7. The minimum Gasteiger partial charge on any atom is -0.306 e. The van der Waals surface area contributed by atoms with E-state index in [4.69, 9.17) is 0 Å². The molecule has 0 aliphatic carbocycles. The summed E-state index contributed by atoms with van der Waals surface area (Å²) in [7, 11) is 0. The molecule has 0 saturated heterocycles. The van der Waals surface area contributed by atoms with Crippen molar-refractivity contribution in [3.05, 3.63) is 59.2 Å². The van der Waals surface area contributed by atoms with Crippen molar-refractivity contribution in [1.82, 2.24) is 0 Å². The number of ketones is 1. The largest absolute Gasteiger partial charge is 0.306 e. The quantitative estimate of drug-likeness (QED) is 0.577. The lowest BCUT2D eigenvalue weighted by Crippen LogP contribution is -2.31. The Bertz CT molecular complexity index is 980. The average Bonchev–Trinajstić information content (AvgIpc) is 3.14. The van der Waals surface area contributed by atoms with Gasteiger partial charge < -0.3 is 4.90 Å². The lowest BCUT2D eigenvalue weighted by atomic mass is 10.1. The van der Waals surface area contributed by atoms with Crippen molar-refractivity contribution in [2.45, 2.75) is 6.42 Å². The lowest BCUT2D eigenvalue weighted by Gasteiger charge is -2.15. The van der Waals surface area contributed by atoms with Crippen molar-refractivity contribution in [1.29, 1.82) is 0 Å². The first-order valence-electron chi connectivity index (χ1n) is 8.75. The van der Waals surface area contributed by atoms with Crippen LogP contribution in [0.25, 0.3) is 0 Å². The fourth-order valence-electron chi connectivity index (χ4n) is 3.32. The van der Waals surface area contributed by atoms with E-state index in [1.165, 1.54) is 23.1 Å². The molecule has 2 amide bonds. The predicted octanol–water partition coefficient (Wildman–Crippen LogP) is 3.01. The summed E-state index contributed by atoms with van der Waals surface area (Å²) in [5.41, 5.74) is 0.789. The number of anilines is 2. The minimum atomic E-state index is -0.868. The van der Waals surface area contributed by atoms with Gasteiger partial charge >= 0.3 is 0 Å². The molecule has 152 valence electrons. The summed E-state index contributed by atoms with van der Waals surface area (Å²) in [6, 6.07) is 8.36. The summed E-state index contributed by atoms with van der Waals surface area (Å²) in [6.07, 6.45) is 0.174. The maximum atomic E-state index is 13.3. The van der Waals surface area contributed by atoms with Gasteiger partial charge in [0, 0.05) is 0 Å². The van der Waals surface area contributed by atoms with Crippen LogP contribution in [0.15, 0.2) is 36.4 Å². The lowest BCUT2D eigenvalue weighted by molar-refractivity contribution is -0.117. The number of fused-ring (bicyclic) bond motifs is 2. The van der Waals surface area contributed by atoms with Gasteiger partial charge in [0.25, 0.3) is 11.7 Å². The standard InChI is InChI=1S/C10H7F2NO2.C10H9F2NO/c11-4-5-13-8-6(9(14)10(13)15)2-1-3-7(8)12;11-4-5-13-9(14)6-7-2-1-3-8(12)10(7)13/h1-3H,4-5H2;1-3H,4-6H2. The second-order valence-corrected chi connectivity index (χ2v) is 6.27. The van der Waals surface area contributed by atoms with E-state index >= 15 is 0 Å². The molecule has 0 unspecified atom stereocenters. The molecular formula is C20H16F4N2O3. The zero-order valence-corrected chi connectivity index (χ0v) is 15.1. The first-order valence-corrected chi connectivity index (χ1v) is 8.75. The van der Waals surface area contributed by atoms with Gasteiger partial charge in [-0.1, -0.05) is 18.2 Å². The maximum Gasteiger partial charge on any atom is 0.299 e. The first kappa shape index (κ1) is 20.5. The molecule has 0 bridgehead atoms. The van der Waals surface area contributed by atoms with Gasteiger partial charge in [0.15, 0.2) is 0 Å². The molecule has 4 rings (SSSR count). The third-order valence-electron chi connectivity index (χ3n) is 4.54. The zero-order valence-electron chi connectivity index (χ0n) is 15.1. The van der Waals surface area contributed by atoms with Crippen LogP contribution in [0.4, 0.5) is 28.9 Å². The van der Waals surface area contributed by atoms with Gasteiger partial charge in [-0.3, -0.25) is 19.3 Å². The molecule has 2 aromatic carbocycles. The molecule has 0 saturated carbocycles. The monoisotopic (exact) mass is 408 g/mol. The van der Waals surface area contributed by atoms with E-state index in [1.807, 2.05) is 0 Å². The van der Waals surface area contributed by atoms with E-state index in [-0.39, 0.29) is 42.4 Å². The van der Waals surface area contributed by atoms with Crippen molar-refractivity contribution >= 4 is 29.0 Å². The molecule has 2 aliphatic rings. The van der Waals surface area contributed by atoms with Crippen LogP contribution in [0.2, 0.25) is 0 Å². The van der Waals surface area contributed by atoms with E-state index in [9.17, 15) is 31.9 Å². The van der Waals surface area contributed by atoms with Crippen molar-refractivity contribution in [2.75, 3.05) is 36.2 Å². The molecule has 2 aromatic rings. The van der Waals surface area contributed by atoms with E-state index in [0.717, 1.165) is 11.0 Å². The van der Waals surface area contributed by atoms with E-state index in [0.29, 0.717) is 5.56 Å². The topological polar surface area (TPSA) is 57.7 Å². The fourth-order valence-corrected chi connectivity index (χ4v) is 3.32. The Labute approximate surface area is 163 Å². The summed E-state index contributed by atoms with van der Waals surface area (Å²) < 4.78 is 50.9. The van der Waals surface area contributed by atoms with Crippen LogP contribution in [-0.4, -0.2) is 44.0 Å². The molecule has 29 heavy (non-hydrogen) atoms. The predicted molar refractivity (Wildman–Crippen MR) is 97.5 cm³/mol. The number of halogens is 4. The van der Waals surface area contributed by atoms with Gasteiger partial charge in [-0.05, 0) is 23.8 Å². The Morgan fingerprint density at radius 3 is 2.03 bits per heavy atom. The Morgan fingerprint density at radius 1 is 0.793 bits per heavy atom. The third-order valence-corrected chi connectivity index (χ3v) is 4.54. The number of benzene rings is 2. The Kier molecular flexibility index (Phi) is 5.95. The third kappa shape index (κ3) is 3.72. The molecule has 0 fully saturated rings.